The molecule has 34 heavy (non-hydrogen) atoms. The van der Waals surface area contributed by atoms with Crippen LogP contribution in [-0.2, 0) is 16.1 Å². The maximum atomic E-state index is 13.7. The molecule has 0 radical (unpaired) electrons. The molecule has 1 aromatic heterocycles. The molecule has 1 aromatic carbocycles. The number of pyridine rings is 1. The summed E-state index contributed by atoms with van der Waals surface area (Å²) >= 11 is 0. The average Bonchev–Trinajstić information content (AvgIpc) is 2.72. The quantitative estimate of drug-likeness (QED) is 0.423. The monoisotopic (exact) mass is 483 g/mol. The summed E-state index contributed by atoms with van der Waals surface area (Å²) < 4.78 is 19.2. The van der Waals surface area contributed by atoms with Crippen LogP contribution in [0.5, 0.6) is 0 Å². The maximum Gasteiger partial charge on any atom is 1.00 e. The van der Waals surface area contributed by atoms with Crippen molar-refractivity contribution in [2.24, 2.45) is 0 Å². The molecule has 182 valence electrons. The Morgan fingerprint density at radius 2 is 1.71 bits per heavy atom. The van der Waals surface area contributed by atoms with Gasteiger partial charge < -0.3 is 21.5 Å². The molecule has 0 saturated heterocycles. The summed E-state index contributed by atoms with van der Waals surface area (Å²) in [7, 11) is 1.61. The van der Waals surface area contributed by atoms with Gasteiger partial charge >= 0.3 is 35.5 Å². The van der Waals surface area contributed by atoms with Crippen LogP contribution in [0.1, 0.15) is 76.3 Å². The summed E-state index contributed by atoms with van der Waals surface area (Å²) in [4.78, 5) is 15.8. The van der Waals surface area contributed by atoms with E-state index in [4.69, 9.17) is 14.8 Å². The zero-order chi connectivity index (χ0) is 24.7. The molecule has 0 aliphatic carbocycles. The second kappa shape index (κ2) is 14.1. The number of carboxylic acids is 1. The molecular weight excluding hydrogens is 448 g/mol. The van der Waals surface area contributed by atoms with Crippen molar-refractivity contribution in [1.82, 2.24) is 4.98 Å². The van der Waals surface area contributed by atoms with Crippen molar-refractivity contribution in [3.63, 3.8) is 0 Å². The molecule has 0 bridgehead atoms. The van der Waals surface area contributed by atoms with Gasteiger partial charge in [-0.2, -0.15) is 0 Å². The van der Waals surface area contributed by atoms with E-state index in [1.807, 2.05) is 13.8 Å². The van der Waals surface area contributed by atoms with E-state index in [0.29, 0.717) is 6.61 Å². The fourth-order valence-electron chi connectivity index (χ4n) is 3.85. The van der Waals surface area contributed by atoms with Gasteiger partial charge in [-0.15, -0.1) is 0 Å². The van der Waals surface area contributed by atoms with Crippen molar-refractivity contribution in [2.75, 3.05) is 7.11 Å². The van der Waals surface area contributed by atoms with Crippen LogP contribution in [0.4, 0.5) is 4.39 Å². The standard InChI is InChI=1S/C26H34FNO5.Na.H/c1-15(2)25-21(11-10-19(29)12-20(30)13-23(31)32)24(17-6-8-18(27)9-7-17)22(14-33-5)26(28-25)16(3)4;;/h6-11,15-16,19-20,29-30H,12-14H2,1-5H3,(H,31,32);;/q;+1;-1/t19-,20-;;/m1../s1. The second-order valence-corrected chi connectivity index (χ2v) is 8.81. The van der Waals surface area contributed by atoms with Crippen LogP contribution in [-0.4, -0.2) is 45.6 Å². The minimum atomic E-state index is -1.16. The van der Waals surface area contributed by atoms with Gasteiger partial charge in [-0.05, 0) is 35.1 Å². The number of hydrogen-bond donors (Lipinski definition) is 3. The van der Waals surface area contributed by atoms with Crippen LogP contribution in [0.2, 0.25) is 0 Å². The topological polar surface area (TPSA) is 99.9 Å². The first-order chi connectivity index (χ1) is 15.5. The number of carbonyl (C=O) groups is 1. The van der Waals surface area contributed by atoms with Crippen LogP contribution in [0.3, 0.4) is 0 Å². The van der Waals surface area contributed by atoms with E-state index >= 15 is 0 Å². The minimum Gasteiger partial charge on any atom is -1.00 e. The summed E-state index contributed by atoms with van der Waals surface area (Å²) in [6, 6.07) is 6.23. The van der Waals surface area contributed by atoms with E-state index < -0.39 is 24.6 Å². The molecule has 0 amide bonds. The summed E-state index contributed by atoms with van der Waals surface area (Å²) in [5.74, 6) is -1.28. The third-order valence-electron chi connectivity index (χ3n) is 5.32. The first-order valence-corrected chi connectivity index (χ1v) is 11.1. The van der Waals surface area contributed by atoms with Gasteiger partial charge in [0.15, 0.2) is 0 Å². The van der Waals surface area contributed by atoms with Gasteiger partial charge in [-0.3, -0.25) is 9.78 Å². The number of carboxylic acid groups (broad SMARTS) is 1. The molecule has 0 aliphatic rings. The van der Waals surface area contributed by atoms with E-state index in [1.54, 1.807) is 25.3 Å². The number of aliphatic carboxylic acids is 1. The molecular formula is C26H35FNNaO5. The van der Waals surface area contributed by atoms with Crippen LogP contribution < -0.4 is 29.6 Å². The zero-order valence-electron chi connectivity index (χ0n) is 21.9. The van der Waals surface area contributed by atoms with Crippen molar-refractivity contribution in [1.29, 1.82) is 0 Å². The Morgan fingerprint density at radius 3 is 2.21 bits per heavy atom. The number of hydrogen-bond acceptors (Lipinski definition) is 5. The van der Waals surface area contributed by atoms with E-state index in [2.05, 4.69) is 13.8 Å². The largest absolute Gasteiger partial charge is 1.00 e. The van der Waals surface area contributed by atoms with Gasteiger partial charge in [-0.25, -0.2) is 4.39 Å². The molecule has 0 saturated carbocycles. The van der Waals surface area contributed by atoms with Crippen LogP contribution in [0, 0.1) is 5.82 Å². The Hall–Kier alpha value is -1.61. The molecule has 2 aromatic rings. The number of rotatable bonds is 11. The number of aliphatic hydroxyl groups excluding tert-OH is 2. The van der Waals surface area contributed by atoms with Gasteiger partial charge in [0, 0.05) is 30.4 Å². The normalized spacial score (nSPS) is 13.4. The van der Waals surface area contributed by atoms with E-state index in [1.165, 1.54) is 18.2 Å². The van der Waals surface area contributed by atoms with E-state index in [9.17, 15) is 19.4 Å². The number of ether oxygens (including phenoxy) is 1. The predicted octanol–water partition coefficient (Wildman–Crippen LogP) is 2.00. The number of methoxy groups -OCH3 is 1. The molecule has 3 N–H and O–H groups in total. The van der Waals surface area contributed by atoms with Crippen molar-refractivity contribution in [3.05, 3.63) is 58.7 Å². The summed E-state index contributed by atoms with van der Waals surface area (Å²) in [5.41, 5.74) is 5.05. The zero-order valence-corrected chi connectivity index (χ0v) is 22.9. The van der Waals surface area contributed by atoms with Crippen molar-refractivity contribution in [3.8, 4) is 11.1 Å². The SMILES string of the molecule is COCc1c(C(C)C)nc(C(C)C)c(C=C[C@@H](O)C[C@@H](O)CC(=O)O)c1-c1ccc(F)cc1.[H-].[Na+]. The van der Waals surface area contributed by atoms with Gasteiger partial charge in [0.05, 0.1) is 30.9 Å². The molecule has 6 nitrogen and oxygen atoms in total. The summed E-state index contributed by atoms with van der Waals surface area (Å²) in [5, 5.41) is 29.1. The van der Waals surface area contributed by atoms with Crippen LogP contribution >= 0.6 is 0 Å². The Morgan fingerprint density at radius 1 is 1.12 bits per heavy atom. The molecule has 2 rings (SSSR count). The smallest absolute Gasteiger partial charge is 1.00 e. The van der Waals surface area contributed by atoms with Gasteiger partial charge in [0.1, 0.15) is 5.82 Å². The van der Waals surface area contributed by atoms with Crippen molar-refractivity contribution >= 4 is 12.0 Å². The molecule has 1 heterocycles. The Bertz CT molecular complexity index is 983. The number of nitrogens with zero attached hydrogens (tertiary/aromatic N) is 1. The fourth-order valence-corrected chi connectivity index (χ4v) is 3.85. The second-order valence-electron chi connectivity index (χ2n) is 8.81. The molecule has 0 fully saturated rings. The third-order valence-corrected chi connectivity index (χ3v) is 5.32. The molecule has 8 heteroatoms. The number of aromatic nitrogens is 1. The summed E-state index contributed by atoms with van der Waals surface area (Å²) in [6.07, 6.45) is 0.541. The molecule has 0 aliphatic heterocycles. The van der Waals surface area contributed by atoms with Gasteiger partial charge in [0.25, 0.3) is 0 Å². The predicted molar refractivity (Wildman–Crippen MR) is 128 cm³/mol. The molecule has 0 unspecified atom stereocenters. The number of benzene rings is 1. The fraction of sp³-hybridized carbons (Fsp3) is 0.462. The van der Waals surface area contributed by atoms with Crippen molar-refractivity contribution in [2.45, 2.75) is 71.2 Å². The minimum absolute atomic E-state index is 0. The van der Waals surface area contributed by atoms with Gasteiger partial charge in [-0.1, -0.05) is 52.0 Å². The van der Waals surface area contributed by atoms with E-state index in [0.717, 1.165) is 33.6 Å². The molecule has 0 spiro atoms. The van der Waals surface area contributed by atoms with Crippen LogP contribution in [0.15, 0.2) is 30.3 Å². The van der Waals surface area contributed by atoms with Crippen molar-refractivity contribution < 1.29 is 60.2 Å². The Balaban J connectivity index is 0.00000578. The number of halogens is 1. The average molecular weight is 484 g/mol. The Labute approximate surface area is 224 Å². The number of aliphatic hydroxyl groups is 2. The first kappa shape index (κ1) is 30.4. The van der Waals surface area contributed by atoms with Gasteiger partial charge in [0.2, 0.25) is 0 Å². The van der Waals surface area contributed by atoms with E-state index in [-0.39, 0.29) is 55.1 Å². The van der Waals surface area contributed by atoms with Crippen LogP contribution in [0.25, 0.3) is 17.2 Å². The summed E-state index contributed by atoms with van der Waals surface area (Å²) in [6.45, 7) is 8.49. The Kier molecular flexibility index (Phi) is 12.6. The maximum absolute atomic E-state index is 13.7. The first-order valence-electron chi connectivity index (χ1n) is 11.1. The molecule has 2 atom stereocenters. The third kappa shape index (κ3) is 8.26.